The van der Waals surface area contributed by atoms with Crippen LogP contribution in [-0.4, -0.2) is 57.6 Å². The average Bonchev–Trinajstić information content (AvgIpc) is 3.56. The van der Waals surface area contributed by atoms with Crippen molar-refractivity contribution in [3.8, 4) is 0 Å². The molecule has 2 unspecified atom stereocenters. The normalized spacial score (nSPS) is 38.0. The minimum atomic E-state index is -1.27. The first-order valence-corrected chi connectivity index (χ1v) is 13.3. The van der Waals surface area contributed by atoms with Gasteiger partial charge in [0.05, 0.1) is 17.1 Å². The molecule has 3 saturated carbocycles. The lowest BCUT2D eigenvalue weighted by molar-refractivity contribution is -0.244. The molecule has 7 rings (SSSR count). The van der Waals surface area contributed by atoms with E-state index in [1.807, 2.05) is 36.4 Å². The highest BCUT2D eigenvalue weighted by Gasteiger charge is 2.78. The number of likely N-dealkylation sites (tertiary alicyclic amines) is 1. The number of carbonyl (C=O) groups excluding carboxylic acids is 3. The lowest BCUT2D eigenvalue weighted by atomic mass is 9.44. The molecule has 1 amide bonds. The van der Waals surface area contributed by atoms with Crippen LogP contribution in [0.15, 0.2) is 54.0 Å². The highest BCUT2D eigenvalue weighted by molar-refractivity contribution is 5.91. The van der Waals surface area contributed by atoms with E-state index >= 15 is 0 Å². The van der Waals surface area contributed by atoms with Crippen LogP contribution in [0.2, 0.25) is 0 Å². The van der Waals surface area contributed by atoms with Crippen molar-refractivity contribution >= 4 is 17.7 Å². The molecule has 2 aliphatic heterocycles. The van der Waals surface area contributed by atoms with Crippen LogP contribution in [0.25, 0.3) is 0 Å². The number of aliphatic hydroxyl groups is 1. The Hall–Kier alpha value is -3.13. The van der Waals surface area contributed by atoms with Gasteiger partial charge in [-0.3, -0.25) is 14.4 Å². The SMILES string of the molecule is CC(=O)OC1(C(=O)N2CC[C@@]34C5C6=C(OCc7ccccc7)C=CC5C[C@@H]2[C@]3(O)CCC(=O)[C@@H]4O6)CC1. The van der Waals surface area contributed by atoms with Gasteiger partial charge in [-0.2, -0.15) is 0 Å². The summed E-state index contributed by atoms with van der Waals surface area (Å²) in [5.74, 6) is 0.420. The molecule has 5 fully saturated rings. The summed E-state index contributed by atoms with van der Waals surface area (Å²) in [6, 6.07) is 9.41. The lowest BCUT2D eigenvalue weighted by Gasteiger charge is -2.65. The predicted molar refractivity (Wildman–Crippen MR) is 129 cm³/mol. The summed E-state index contributed by atoms with van der Waals surface area (Å²) >= 11 is 0. The molecule has 194 valence electrons. The Morgan fingerprint density at radius 2 is 1.95 bits per heavy atom. The number of piperidine rings is 1. The number of hydrogen-bond donors (Lipinski definition) is 1. The fraction of sp³-hybridized carbons (Fsp3) is 0.552. The third kappa shape index (κ3) is 3.02. The number of benzene rings is 1. The number of hydrogen-bond acceptors (Lipinski definition) is 7. The topological polar surface area (TPSA) is 102 Å². The molecule has 1 N–H and O–H groups in total. The van der Waals surface area contributed by atoms with E-state index in [9.17, 15) is 19.5 Å². The van der Waals surface area contributed by atoms with Crippen LogP contribution >= 0.6 is 0 Å². The number of amides is 1. The van der Waals surface area contributed by atoms with E-state index < -0.39 is 34.7 Å². The maximum Gasteiger partial charge on any atom is 0.303 e. The van der Waals surface area contributed by atoms with E-state index in [0.717, 1.165) is 5.56 Å². The van der Waals surface area contributed by atoms with Crippen LogP contribution < -0.4 is 0 Å². The Balaban J connectivity index is 1.25. The summed E-state index contributed by atoms with van der Waals surface area (Å²) in [5, 5.41) is 12.5. The Labute approximate surface area is 215 Å². The monoisotopic (exact) mass is 505 g/mol. The maximum absolute atomic E-state index is 13.7. The molecule has 1 aromatic carbocycles. The van der Waals surface area contributed by atoms with Gasteiger partial charge in [-0.05, 0) is 36.8 Å². The van der Waals surface area contributed by atoms with Gasteiger partial charge in [0, 0.05) is 38.6 Å². The third-order valence-corrected chi connectivity index (χ3v) is 9.69. The lowest BCUT2D eigenvalue weighted by Crippen LogP contribution is -2.77. The molecule has 2 bridgehead atoms. The van der Waals surface area contributed by atoms with Crippen LogP contribution in [0.1, 0.15) is 51.0 Å². The van der Waals surface area contributed by atoms with Crippen LogP contribution in [0.5, 0.6) is 0 Å². The number of allylic oxidation sites excluding steroid dienone is 3. The number of rotatable bonds is 5. The van der Waals surface area contributed by atoms with Crippen molar-refractivity contribution in [2.45, 2.75) is 75.4 Å². The fourth-order valence-corrected chi connectivity index (χ4v) is 8.02. The summed E-state index contributed by atoms with van der Waals surface area (Å²) in [6.07, 6.45) is 5.77. The van der Waals surface area contributed by atoms with Gasteiger partial charge in [0.25, 0.3) is 5.91 Å². The van der Waals surface area contributed by atoms with E-state index in [2.05, 4.69) is 6.08 Å². The molecule has 6 atom stereocenters. The number of ether oxygens (including phenoxy) is 3. The van der Waals surface area contributed by atoms with Gasteiger partial charge < -0.3 is 24.2 Å². The van der Waals surface area contributed by atoms with Crippen molar-refractivity contribution in [2.75, 3.05) is 6.54 Å². The first kappa shape index (κ1) is 23.0. The van der Waals surface area contributed by atoms with Crippen molar-refractivity contribution in [1.29, 1.82) is 0 Å². The molecular weight excluding hydrogens is 474 g/mol. The van der Waals surface area contributed by atoms with E-state index in [1.165, 1.54) is 6.92 Å². The van der Waals surface area contributed by atoms with Crippen molar-refractivity contribution < 1.29 is 33.7 Å². The van der Waals surface area contributed by atoms with Crippen molar-refractivity contribution in [1.82, 2.24) is 4.90 Å². The van der Waals surface area contributed by atoms with Gasteiger partial charge in [-0.1, -0.05) is 36.4 Å². The third-order valence-electron chi connectivity index (χ3n) is 9.69. The summed E-state index contributed by atoms with van der Waals surface area (Å²) in [6.45, 7) is 2.09. The minimum absolute atomic E-state index is 0.000251. The summed E-state index contributed by atoms with van der Waals surface area (Å²) in [5.41, 5.74) is -2.16. The zero-order valence-corrected chi connectivity index (χ0v) is 20.9. The second-order valence-electron chi connectivity index (χ2n) is 11.5. The Kier molecular flexibility index (Phi) is 4.79. The van der Waals surface area contributed by atoms with Gasteiger partial charge >= 0.3 is 5.97 Å². The standard InChI is InChI=1S/C29H31NO7/c1-17(31)37-27(11-12-27)26(33)30-14-13-28-23-19-7-8-21(35-16-18-5-3-2-4-6-18)24(23)36-25(28)20(32)9-10-29(28,34)22(30)15-19/h2-8,19,22-23,25,34H,9-16H2,1H3/t19?,22-,23?,25+,28+,29-/m1/s1. The van der Waals surface area contributed by atoms with Gasteiger partial charge in [-0.15, -0.1) is 0 Å². The summed E-state index contributed by atoms with van der Waals surface area (Å²) < 4.78 is 18.1. The van der Waals surface area contributed by atoms with Crippen LogP contribution in [0.3, 0.4) is 0 Å². The molecule has 8 heteroatoms. The number of esters is 1. The molecule has 2 heterocycles. The van der Waals surface area contributed by atoms with E-state index in [4.69, 9.17) is 14.2 Å². The fourth-order valence-electron chi connectivity index (χ4n) is 8.02. The number of ketones is 1. The van der Waals surface area contributed by atoms with Crippen LogP contribution in [0.4, 0.5) is 0 Å². The quantitative estimate of drug-likeness (QED) is 0.614. The molecule has 1 aromatic rings. The van der Waals surface area contributed by atoms with Crippen LogP contribution in [0, 0.1) is 17.3 Å². The molecule has 37 heavy (non-hydrogen) atoms. The Morgan fingerprint density at radius 3 is 2.68 bits per heavy atom. The van der Waals surface area contributed by atoms with Crippen molar-refractivity contribution in [3.63, 3.8) is 0 Å². The summed E-state index contributed by atoms with van der Waals surface area (Å²) in [4.78, 5) is 40.4. The van der Waals surface area contributed by atoms with E-state index in [0.29, 0.717) is 56.8 Å². The number of Topliss-reactive ketones (excluding diaryl/α,β-unsaturated/α-hetero) is 1. The minimum Gasteiger partial charge on any atom is -0.485 e. The molecule has 4 aliphatic carbocycles. The number of nitrogens with zero attached hydrogens (tertiary/aromatic N) is 1. The Morgan fingerprint density at radius 1 is 1.16 bits per heavy atom. The zero-order chi connectivity index (χ0) is 25.6. The zero-order valence-electron chi connectivity index (χ0n) is 20.9. The van der Waals surface area contributed by atoms with Crippen LogP contribution in [-0.2, 0) is 35.2 Å². The van der Waals surface area contributed by atoms with Gasteiger partial charge in [0.2, 0.25) is 0 Å². The molecule has 1 spiro atoms. The Bertz CT molecular complexity index is 1250. The molecule has 2 saturated heterocycles. The highest BCUT2D eigenvalue weighted by atomic mass is 16.6. The molecule has 8 nitrogen and oxygen atoms in total. The number of carbonyl (C=O) groups is 3. The molecular formula is C29H31NO7. The first-order valence-electron chi connectivity index (χ1n) is 13.3. The average molecular weight is 506 g/mol. The van der Waals surface area contributed by atoms with E-state index in [-0.39, 0.29) is 29.9 Å². The molecule has 0 radical (unpaired) electrons. The molecule has 0 aromatic heterocycles. The highest BCUT2D eigenvalue weighted by Crippen LogP contribution is 2.69. The van der Waals surface area contributed by atoms with Crippen molar-refractivity contribution in [3.05, 3.63) is 59.6 Å². The summed E-state index contributed by atoms with van der Waals surface area (Å²) in [7, 11) is 0. The van der Waals surface area contributed by atoms with Crippen molar-refractivity contribution in [2.24, 2.45) is 17.3 Å². The second-order valence-corrected chi connectivity index (χ2v) is 11.5. The smallest absolute Gasteiger partial charge is 0.303 e. The van der Waals surface area contributed by atoms with Gasteiger partial charge in [-0.25, -0.2) is 0 Å². The largest absolute Gasteiger partial charge is 0.485 e. The van der Waals surface area contributed by atoms with E-state index in [1.54, 1.807) is 4.90 Å². The first-order chi connectivity index (χ1) is 17.8. The maximum atomic E-state index is 13.7. The predicted octanol–water partition coefficient (Wildman–Crippen LogP) is 2.80. The second kappa shape index (κ2) is 7.69. The van der Waals surface area contributed by atoms with Gasteiger partial charge in [0.1, 0.15) is 12.4 Å². The molecule has 6 aliphatic rings. The van der Waals surface area contributed by atoms with Gasteiger partial charge in [0.15, 0.2) is 23.2 Å².